The van der Waals surface area contributed by atoms with E-state index in [-0.39, 0.29) is 34.2 Å². The summed E-state index contributed by atoms with van der Waals surface area (Å²) >= 11 is 6.09. The van der Waals surface area contributed by atoms with Gasteiger partial charge in [-0.1, -0.05) is 29.8 Å². The minimum Gasteiger partial charge on any atom is -0.482 e. The number of carbonyl (C=O) groups excluding carboxylic acids is 1. The molecule has 0 aromatic heterocycles. The maximum atomic E-state index is 12.1. The Morgan fingerprint density at radius 2 is 1.88 bits per heavy atom. The molecule has 26 heavy (non-hydrogen) atoms. The number of para-hydroxylation sites is 1. The van der Waals surface area contributed by atoms with Crippen molar-refractivity contribution in [3.05, 3.63) is 53.1 Å². The number of nitrogens with one attached hydrogen (secondary N) is 2. The summed E-state index contributed by atoms with van der Waals surface area (Å²) in [4.78, 5) is 12.0. The second kappa shape index (κ2) is 8.53. The SMILES string of the molecule is Cc1ccccc1NC(=O)COc1ccc(S(=O)(=O)NC(C)C)cc1Cl. The average molecular weight is 397 g/mol. The molecule has 0 spiro atoms. The van der Waals surface area contributed by atoms with Gasteiger partial charge in [0, 0.05) is 11.7 Å². The molecule has 0 heterocycles. The average Bonchev–Trinajstić information content (AvgIpc) is 2.54. The van der Waals surface area contributed by atoms with Crippen molar-refractivity contribution in [1.29, 1.82) is 0 Å². The van der Waals surface area contributed by atoms with Crippen LogP contribution in [0.3, 0.4) is 0 Å². The van der Waals surface area contributed by atoms with Crippen LogP contribution in [0.15, 0.2) is 47.4 Å². The van der Waals surface area contributed by atoms with Gasteiger partial charge < -0.3 is 10.1 Å². The number of ether oxygens (including phenoxy) is 1. The van der Waals surface area contributed by atoms with Gasteiger partial charge in [0.05, 0.1) is 9.92 Å². The predicted molar refractivity (Wildman–Crippen MR) is 102 cm³/mol. The van der Waals surface area contributed by atoms with Gasteiger partial charge in [-0.15, -0.1) is 0 Å². The second-order valence-corrected chi connectivity index (χ2v) is 8.14. The second-order valence-electron chi connectivity index (χ2n) is 6.02. The Labute approximate surface area is 158 Å². The number of aryl methyl sites for hydroxylation is 1. The molecule has 0 atom stereocenters. The van der Waals surface area contributed by atoms with Gasteiger partial charge in [0.2, 0.25) is 10.0 Å². The summed E-state index contributed by atoms with van der Waals surface area (Å²) < 4.78 is 32.1. The van der Waals surface area contributed by atoms with E-state index in [4.69, 9.17) is 16.3 Å². The minimum atomic E-state index is -3.64. The van der Waals surface area contributed by atoms with E-state index in [0.717, 1.165) is 5.56 Å². The molecular formula is C18H21ClN2O4S. The Morgan fingerprint density at radius 3 is 2.50 bits per heavy atom. The van der Waals surface area contributed by atoms with Gasteiger partial charge in [-0.3, -0.25) is 4.79 Å². The van der Waals surface area contributed by atoms with E-state index >= 15 is 0 Å². The Morgan fingerprint density at radius 1 is 1.19 bits per heavy atom. The first-order valence-corrected chi connectivity index (χ1v) is 9.85. The molecule has 2 rings (SSSR count). The maximum Gasteiger partial charge on any atom is 0.262 e. The van der Waals surface area contributed by atoms with Crippen LogP contribution >= 0.6 is 11.6 Å². The highest BCUT2D eigenvalue weighted by molar-refractivity contribution is 7.89. The molecule has 0 saturated carbocycles. The molecule has 0 fully saturated rings. The van der Waals surface area contributed by atoms with Crippen molar-refractivity contribution < 1.29 is 17.9 Å². The number of carbonyl (C=O) groups is 1. The molecule has 2 N–H and O–H groups in total. The lowest BCUT2D eigenvalue weighted by Gasteiger charge is -2.12. The van der Waals surface area contributed by atoms with Crippen LogP contribution in [-0.4, -0.2) is 27.0 Å². The minimum absolute atomic E-state index is 0.0351. The van der Waals surface area contributed by atoms with Gasteiger partial charge >= 0.3 is 0 Å². The van der Waals surface area contributed by atoms with Gasteiger partial charge in [0.1, 0.15) is 5.75 Å². The number of rotatable bonds is 7. The molecule has 6 nitrogen and oxygen atoms in total. The van der Waals surface area contributed by atoms with E-state index in [0.29, 0.717) is 5.69 Å². The molecular weight excluding hydrogens is 376 g/mol. The summed E-state index contributed by atoms with van der Waals surface area (Å²) in [6.07, 6.45) is 0. The predicted octanol–water partition coefficient (Wildman–Crippen LogP) is 3.35. The van der Waals surface area contributed by atoms with E-state index in [1.165, 1.54) is 18.2 Å². The third kappa shape index (κ3) is 5.45. The molecule has 0 aliphatic heterocycles. The Bertz CT molecular complexity index is 898. The molecule has 0 saturated heterocycles. The monoisotopic (exact) mass is 396 g/mol. The molecule has 0 radical (unpaired) electrons. The molecule has 8 heteroatoms. The number of amides is 1. The first kappa shape index (κ1) is 20.2. The van der Waals surface area contributed by atoms with Crippen LogP contribution in [0.1, 0.15) is 19.4 Å². The third-order valence-corrected chi connectivity index (χ3v) is 5.33. The number of hydrogen-bond donors (Lipinski definition) is 2. The molecule has 0 unspecified atom stereocenters. The summed E-state index contributed by atoms with van der Waals surface area (Å²) in [7, 11) is -3.64. The van der Waals surface area contributed by atoms with Crippen molar-refractivity contribution in [3.8, 4) is 5.75 Å². The van der Waals surface area contributed by atoms with Crippen molar-refractivity contribution in [2.45, 2.75) is 31.7 Å². The van der Waals surface area contributed by atoms with E-state index in [2.05, 4.69) is 10.0 Å². The third-order valence-electron chi connectivity index (χ3n) is 3.38. The Hall–Kier alpha value is -2.09. The van der Waals surface area contributed by atoms with Crippen LogP contribution in [0.4, 0.5) is 5.69 Å². The first-order valence-electron chi connectivity index (χ1n) is 7.99. The number of anilines is 1. The molecule has 2 aromatic carbocycles. The van der Waals surface area contributed by atoms with E-state index in [1.54, 1.807) is 19.9 Å². The highest BCUT2D eigenvalue weighted by Gasteiger charge is 2.17. The van der Waals surface area contributed by atoms with Gasteiger partial charge in [0.15, 0.2) is 6.61 Å². The van der Waals surface area contributed by atoms with Crippen molar-refractivity contribution in [2.24, 2.45) is 0 Å². The highest BCUT2D eigenvalue weighted by atomic mass is 35.5. The number of sulfonamides is 1. The lowest BCUT2D eigenvalue weighted by Crippen LogP contribution is -2.30. The molecule has 1 amide bonds. The van der Waals surface area contributed by atoms with Crippen molar-refractivity contribution in [1.82, 2.24) is 4.72 Å². The van der Waals surface area contributed by atoms with Crippen molar-refractivity contribution in [2.75, 3.05) is 11.9 Å². The standard InChI is InChI=1S/C18H21ClN2O4S/c1-12(2)21-26(23,24)14-8-9-17(15(19)10-14)25-11-18(22)20-16-7-5-4-6-13(16)3/h4-10,12,21H,11H2,1-3H3,(H,20,22). The quantitative estimate of drug-likeness (QED) is 0.751. The normalized spacial score (nSPS) is 11.4. The fourth-order valence-electron chi connectivity index (χ4n) is 2.19. The summed E-state index contributed by atoms with van der Waals surface area (Å²) in [5, 5.41) is 2.86. The van der Waals surface area contributed by atoms with E-state index in [1.807, 2.05) is 25.1 Å². The van der Waals surface area contributed by atoms with Gasteiger partial charge in [-0.05, 0) is 50.6 Å². The zero-order valence-electron chi connectivity index (χ0n) is 14.7. The molecule has 2 aromatic rings. The lowest BCUT2D eigenvalue weighted by atomic mass is 10.2. The fraction of sp³-hybridized carbons (Fsp3) is 0.278. The van der Waals surface area contributed by atoms with Crippen molar-refractivity contribution in [3.63, 3.8) is 0 Å². The van der Waals surface area contributed by atoms with E-state index < -0.39 is 10.0 Å². The van der Waals surface area contributed by atoms with Crippen molar-refractivity contribution >= 4 is 33.2 Å². The molecule has 140 valence electrons. The fourth-order valence-corrected chi connectivity index (χ4v) is 3.76. The summed E-state index contributed by atoms with van der Waals surface area (Å²) in [6.45, 7) is 5.09. The number of halogens is 1. The number of benzene rings is 2. The summed E-state index contributed by atoms with van der Waals surface area (Å²) in [6, 6.07) is 11.2. The first-order chi connectivity index (χ1) is 12.2. The van der Waals surface area contributed by atoms with E-state index in [9.17, 15) is 13.2 Å². The molecule has 0 aliphatic rings. The van der Waals surface area contributed by atoms with Gasteiger partial charge in [-0.2, -0.15) is 0 Å². The zero-order chi connectivity index (χ0) is 19.3. The largest absolute Gasteiger partial charge is 0.482 e. The Balaban J connectivity index is 2.02. The lowest BCUT2D eigenvalue weighted by molar-refractivity contribution is -0.118. The van der Waals surface area contributed by atoms with Crippen LogP contribution in [0, 0.1) is 6.92 Å². The van der Waals surface area contributed by atoms with Crippen LogP contribution in [0.5, 0.6) is 5.75 Å². The smallest absolute Gasteiger partial charge is 0.262 e. The zero-order valence-corrected chi connectivity index (χ0v) is 16.3. The maximum absolute atomic E-state index is 12.1. The summed E-state index contributed by atoms with van der Waals surface area (Å²) in [5.74, 6) is -0.108. The van der Waals surface area contributed by atoms with Crippen LogP contribution in [0.25, 0.3) is 0 Å². The van der Waals surface area contributed by atoms with Gasteiger partial charge in [0.25, 0.3) is 5.91 Å². The van der Waals surface area contributed by atoms with Gasteiger partial charge in [-0.25, -0.2) is 13.1 Å². The highest BCUT2D eigenvalue weighted by Crippen LogP contribution is 2.27. The molecule has 0 bridgehead atoms. The summed E-state index contributed by atoms with van der Waals surface area (Å²) in [5.41, 5.74) is 1.64. The van der Waals surface area contributed by atoms with Crippen LogP contribution < -0.4 is 14.8 Å². The van der Waals surface area contributed by atoms with Crippen LogP contribution in [-0.2, 0) is 14.8 Å². The Kier molecular flexibility index (Phi) is 6.63. The topological polar surface area (TPSA) is 84.5 Å². The number of hydrogen-bond acceptors (Lipinski definition) is 4. The van der Waals surface area contributed by atoms with Crippen LogP contribution in [0.2, 0.25) is 5.02 Å². The molecule has 0 aliphatic carbocycles.